The van der Waals surface area contributed by atoms with Gasteiger partial charge in [-0.2, -0.15) is 0 Å². The zero-order valence-corrected chi connectivity index (χ0v) is 14.0. The molecule has 6 nitrogen and oxygen atoms in total. The molecule has 24 heavy (non-hydrogen) atoms. The largest absolute Gasteiger partial charge is 0.478 e. The third kappa shape index (κ3) is 5.08. The van der Waals surface area contributed by atoms with Gasteiger partial charge in [0.25, 0.3) is 0 Å². The quantitative estimate of drug-likeness (QED) is 0.832. The van der Waals surface area contributed by atoms with E-state index >= 15 is 0 Å². The van der Waals surface area contributed by atoms with Crippen LogP contribution in [0, 0.1) is 0 Å². The van der Waals surface area contributed by atoms with Crippen molar-refractivity contribution < 1.29 is 19.5 Å². The Bertz CT molecular complexity index is 615. The third-order valence-corrected chi connectivity index (χ3v) is 4.15. The lowest BCUT2D eigenvalue weighted by Crippen LogP contribution is -2.50. The topological polar surface area (TPSA) is 86.7 Å². The number of hydrogen-bond acceptors (Lipinski definition) is 3. The van der Waals surface area contributed by atoms with Crippen molar-refractivity contribution in [1.82, 2.24) is 10.2 Å². The van der Waals surface area contributed by atoms with Crippen molar-refractivity contribution in [2.24, 2.45) is 0 Å². The van der Waals surface area contributed by atoms with E-state index in [1.54, 1.807) is 17.0 Å². The maximum absolute atomic E-state index is 12.5. The molecular formula is C18H24N2O4. The Balaban J connectivity index is 1.93. The van der Waals surface area contributed by atoms with E-state index in [9.17, 15) is 14.4 Å². The van der Waals surface area contributed by atoms with Crippen molar-refractivity contribution in [2.45, 2.75) is 45.1 Å². The lowest BCUT2D eigenvalue weighted by Gasteiger charge is -2.33. The summed E-state index contributed by atoms with van der Waals surface area (Å²) in [4.78, 5) is 36.9. The molecule has 2 amide bonds. The molecule has 1 aliphatic heterocycles. The highest BCUT2D eigenvalue weighted by Gasteiger charge is 2.24. The molecule has 1 aliphatic rings. The standard InChI is InChI=1S/C18H24N2O4/c1-2-5-16(21)19-15-8-4-9-20(12-15)17(22)11-13-6-3-7-14(10-13)18(23)24/h3,6-7,10,15H,2,4-5,8-9,11-12H2,1H3,(H,19,21)(H,23,24). The summed E-state index contributed by atoms with van der Waals surface area (Å²) in [6.45, 7) is 3.16. The first kappa shape index (κ1) is 18.0. The Kier molecular flexibility index (Phi) is 6.35. The minimum absolute atomic E-state index is 0.00658. The summed E-state index contributed by atoms with van der Waals surface area (Å²) in [5.74, 6) is -1.00. The van der Waals surface area contributed by atoms with Gasteiger partial charge in [0.1, 0.15) is 0 Å². The number of nitrogens with zero attached hydrogens (tertiary/aromatic N) is 1. The number of rotatable bonds is 6. The zero-order chi connectivity index (χ0) is 17.5. The van der Waals surface area contributed by atoms with Crippen LogP contribution in [-0.2, 0) is 16.0 Å². The number of carboxylic acid groups (broad SMARTS) is 1. The van der Waals surface area contributed by atoms with Gasteiger partial charge in [-0.1, -0.05) is 19.1 Å². The van der Waals surface area contributed by atoms with Crippen LogP contribution in [0.1, 0.15) is 48.5 Å². The van der Waals surface area contributed by atoms with Gasteiger partial charge in [-0.15, -0.1) is 0 Å². The van der Waals surface area contributed by atoms with Crippen LogP contribution in [0.3, 0.4) is 0 Å². The molecule has 1 saturated heterocycles. The number of carboxylic acids is 1. The van der Waals surface area contributed by atoms with E-state index in [1.807, 2.05) is 6.92 Å². The van der Waals surface area contributed by atoms with Gasteiger partial charge in [0.2, 0.25) is 11.8 Å². The Morgan fingerprint density at radius 2 is 2.12 bits per heavy atom. The molecule has 130 valence electrons. The first-order chi connectivity index (χ1) is 11.5. The van der Waals surface area contributed by atoms with Crippen LogP contribution in [-0.4, -0.2) is 46.9 Å². The second-order valence-electron chi connectivity index (χ2n) is 6.18. The van der Waals surface area contributed by atoms with Crippen molar-refractivity contribution >= 4 is 17.8 Å². The van der Waals surface area contributed by atoms with Gasteiger partial charge in [-0.05, 0) is 37.0 Å². The molecule has 1 aromatic rings. The Morgan fingerprint density at radius 1 is 1.33 bits per heavy atom. The van der Waals surface area contributed by atoms with Gasteiger partial charge in [0.05, 0.1) is 12.0 Å². The summed E-state index contributed by atoms with van der Waals surface area (Å²) in [6.07, 6.45) is 3.23. The van der Waals surface area contributed by atoms with Crippen molar-refractivity contribution in [2.75, 3.05) is 13.1 Å². The predicted octanol–water partition coefficient (Wildman–Crippen LogP) is 1.83. The van der Waals surface area contributed by atoms with E-state index in [0.29, 0.717) is 25.1 Å². The Labute approximate surface area is 141 Å². The normalized spacial score (nSPS) is 17.4. The molecule has 2 N–H and O–H groups in total. The first-order valence-corrected chi connectivity index (χ1v) is 8.39. The van der Waals surface area contributed by atoms with Gasteiger partial charge in [0.15, 0.2) is 0 Å². The summed E-state index contributed by atoms with van der Waals surface area (Å²) in [7, 11) is 0. The van der Waals surface area contributed by atoms with E-state index < -0.39 is 5.97 Å². The Morgan fingerprint density at radius 3 is 2.83 bits per heavy atom. The highest BCUT2D eigenvalue weighted by molar-refractivity contribution is 5.88. The summed E-state index contributed by atoms with van der Waals surface area (Å²) >= 11 is 0. The van der Waals surface area contributed by atoms with Crippen LogP contribution in [0.5, 0.6) is 0 Å². The number of amides is 2. The third-order valence-electron chi connectivity index (χ3n) is 4.15. The monoisotopic (exact) mass is 332 g/mol. The minimum atomic E-state index is -0.999. The number of carbonyl (C=O) groups excluding carboxylic acids is 2. The number of aromatic carboxylic acids is 1. The van der Waals surface area contributed by atoms with E-state index in [4.69, 9.17) is 5.11 Å². The second kappa shape index (κ2) is 8.47. The molecule has 1 heterocycles. The number of piperidine rings is 1. The molecule has 0 aromatic heterocycles. The molecule has 0 bridgehead atoms. The number of carbonyl (C=O) groups is 3. The molecule has 0 spiro atoms. The fraction of sp³-hybridized carbons (Fsp3) is 0.500. The summed E-state index contributed by atoms with van der Waals surface area (Å²) in [6, 6.07) is 6.46. The fourth-order valence-electron chi connectivity index (χ4n) is 2.95. The van der Waals surface area contributed by atoms with Crippen LogP contribution in [0.2, 0.25) is 0 Å². The van der Waals surface area contributed by atoms with Gasteiger partial charge in [0, 0.05) is 25.6 Å². The van der Waals surface area contributed by atoms with Gasteiger partial charge in [-0.3, -0.25) is 9.59 Å². The lowest BCUT2D eigenvalue weighted by atomic mass is 10.0. The van der Waals surface area contributed by atoms with Crippen molar-refractivity contribution in [3.05, 3.63) is 35.4 Å². The van der Waals surface area contributed by atoms with Crippen molar-refractivity contribution in [3.8, 4) is 0 Å². The second-order valence-corrected chi connectivity index (χ2v) is 6.18. The van der Waals surface area contributed by atoms with Gasteiger partial charge >= 0.3 is 5.97 Å². The van der Waals surface area contributed by atoms with E-state index in [0.717, 1.165) is 19.3 Å². The molecule has 0 aliphatic carbocycles. The average molecular weight is 332 g/mol. The lowest BCUT2D eigenvalue weighted by molar-refractivity contribution is -0.133. The molecule has 1 atom stereocenters. The average Bonchev–Trinajstić information content (AvgIpc) is 2.55. The van der Waals surface area contributed by atoms with Crippen LogP contribution in [0.15, 0.2) is 24.3 Å². The first-order valence-electron chi connectivity index (χ1n) is 8.39. The number of benzene rings is 1. The van der Waals surface area contributed by atoms with E-state index in [-0.39, 0.29) is 29.8 Å². The van der Waals surface area contributed by atoms with Crippen molar-refractivity contribution in [1.29, 1.82) is 0 Å². The minimum Gasteiger partial charge on any atom is -0.478 e. The highest BCUT2D eigenvalue weighted by Crippen LogP contribution is 2.14. The molecular weight excluding hydrogens is 308 g/mol. The predicted molar refractivity (Wildman–Crippen MR) is 89.8 cm³/mol. The van der Waals surface area contributed by atoms with Gasteiger partial charge < -0.3 is 15.3 Å². The highest BCUT2D eigenvalue weighted by atomic mass is 16.4. The van der Waals surface area contributed by atoms with Crippen molar-refractivity contribution in [3.63, 3.8) is 0 Å². The van der Waals surface area contributed by atoms with Crippen LogP contribution < -0.4 is 5.32 Å². The van der Waals surface area contributed by atoms with Crippen LogP contribution >= 0.6 is 0 Å². The van der Waals surface area contributed by atoms with Gasteiger partial charge in [-0.25, -0.2) is 4.79 Å². The van der Waals surface area contributed by atoms with E-state index in [1.165, 1.54) is 12.1 Å². The Hall–Kier alpha value is -2.37. The SMILES string of the molecule is CCCC(=O)NC1CCCN(C(=O)Cc2cccc(C(=O)O)c2)C1. The molecule has 1 aromatic carbocycles. The summed E-state index contributed by atoms with van der Waals surface area (Å²) < 4.78 is 0. The molecule has 1 unspecified atom stereocenters. The molecule has 1 fully saturated rings. The van der Waals surface area contributed by atoms with Crippen LogP contribution in [0.25, 0.3) is 0 Å². The molecule has 0 saturated carbocycles. The molecule has 0 radical (unpaired) electrons. The number of likely N-dealkylation sites (tertiary alicyclic amines) is 1. The summed E-state index contributed by atoms with van der Waals surface area (Å²) in [5, 5.41) is 12.0. The maximum Gasteiger partial charge on any atom is 0.335 e. The van der Waals surface area contributed by atoms with Crippen LogP contribution in [0.4, 0.5) is 0 Å². The smallest absolute Gasteiger partial charge is 0.335 e. The zero-order valence-electron chi connectivity index (χ0n) is 14.0. The number of nitrogens with one attached hydrogen (secondary N) is 1. The fourth-order valence-corrected chi connectivity index (χ4v) is 2.95. The maximum atomic E-state index is 12.5. The molecule has 2 rings (SSSR count). The summed E-state index contributed by atoms with van der Waals surface area (Å²) in [5.41, 5.74) is 0.876. The molecule has 6 heteroatoms. The number of hydrogen-bond donors (Lipinski definition) is 2. The van der Waals surface area contributed by atoms with E-state index in [2.05, 4.69) is 5.32 Å².